The van der Waals surface area contributed by atoms with Crippen molar-refractivity contribution < 1.29 is 0 Å². The van der Waals surface area contributed by atoms with E-state index in [-0.39, 0.29) is 10.8 Å². The lowest BCUT2D eigenvalue weighted by Crippen LogP contribution is -2.29. The molecule has 0 spiro atoms. The number of hydrogen-bond acceptors (Lipinski definition) is 1. The van der Waals surface area contributed by atoms with Crippen LogP contribution < -0.4 is 15.3 Å². The van der Waals surface area contributed by atoms with Gasteiger partial charge in [0, 0.05) is 33.0 Å². The molecule has 0 unspecified atom stereocenters. The topological polar surface area (TPSA) is 3.24 Å². The molecule has 0 bridgehead atoms. The highest BCUT2D eigenvalue weighted by Crippen LogP contribution is 2.54. The summed E-state index contributed by atoms with van der Waals surface area (Å²) in [6.45, 7) is 11.6. The molecule has 0 N–H and O–H groups in total. The Kier molecular flexibility index (Phi) is 10.2. The van der Waals surface area contributed by atoms with Gasteiger partial charge in [-0.25, -0.2) is 0 Å². The van der Waals surface area contributed by atoms with Crippen molar-refractivity contribution >= 4 is 34.4 Å². The van der Waals surface area contributed by atoms with Gasteiger partial charge < -0.3 is 4.90 Å². The van der Waals surface area contributed by atoms with E-state index in [1.807, 2.05) is 6.08 Å². The van der Waals surface area contributed by atoms with Crippen molar-refractivity contribution in [3.05, 3.63) is 239 Å². The SMILES string of the molecule is CC(C)(C)c1ccc(-c2cc(-c3ccccc3)c(N(c3ccc4c(c3)-c3ccccc3C4(C)C)c3ccc4c(c3-c3ccccc3C3=CC=CCC3)=C=C=CC=4)c(-c3ccccc3)c2)cc1. The highest BCUT2D eigenvalue weighted by Gasteiger charge is 2.36. The monoisotopic (exact) mass is 847 g/mol. The Balaban J connectivity index is 1.29. The lowest BCUT2D eigenvalue weighted by molar-refractivity contribution is 0.590. The van der Waals surface area contributed by atoms with Crippen LogP contribution in [0.1, 0.15) is 69.7 Å². The van der Waals surface area contributed by atoms with E-state index in [0.717, 1.165) is 68.2 Å². The van der Waals surface area contributed by atoms with Gasteiger partial charge in [0.15, 0.2) is 0 Å². The summed E-state index contributed by atoms with van der Waals surface area (Å²) in [4.78, 5) is 2.58. The minimum absolute atomic E-state index is 0.0501. The highest BCUT2D eigenvalue weighted by atomic mass is 15.2. The molecular weight excluding hydrogens is 795 g/mol. The molecule has 3 aliphatic carbocycles. The molecular formula is C65H53N. The summed E-state index contributed by atoms with van der Waals surface area (Å²) in [7, 11) is 0. The molecule has 11 rings (SSSR count). The van der Waals surface area contributed by atoms with Crippen LogP contribution in [0.5, 0.6) is 0 Å². The molecule has 0 aromatic heterocycles. The minimum atomic E-state index is -0.135. The fraction of sp³-hybridized carbons (Fsp3) is 0.138. The van der Waals surface area contributed by atoms with Gasteiger partial charge in [-0.3, -0.25) is 0 Å². The van der Waals surface area contributed by atoms with Crippen LogP contribution in [0.3, 0.4) is 0 Å². The number of nitrogens with zero attached hydrogens (tertiary/aromatic N) is 1. The first-order chi connectivity index (χ1) is 32.1. The van der Waals surface area contributed by atoms with Crippen molar-refractivity contribution in [1.82, 2.24) is 0 Å². The van der Waals surface area contributed by atoms with Gasteiger partial charge in [0.05, 0.1) is 11.4 Å². The van der Waals surface area contributed by atoms with E-state index in [4.69, 9.17) is 0 Å². The zero-order chi connectivity index (χ0) is 45.0. The van der Waals surface area contributed by atoms with Crippen LogP contribution in [-0.4, -0.2) is 0 Å². The average Bonchev–Trinajstić information content (AvgIpc) is 3.59. The molecule has 0 amide bonds. The van der Waals surface area contributed by atoms with Gasteiger partial charge in [-0.15, -0.1) is 0 Å². The number of benzene rings is 8. The number of hydrogen-bond donors (Lipinski definition) is 0. The van der Waals surface area contributed by atoms with E-state index in [1.165, 1.54) is 55.6 Å². The number of rotatable bonds is 8. The normalized spacial score (nSPS) is 14.1. The summed E-state index contributed by atoms with van der Waals surface area (Å²) in [6.07, 6.45) is 13.0. The summed E-state index contributed by atoms with van der Waals surface area (Å²) in [5.41, 5.74) is 28.7. The van der Waals surface area contributed by atoms with Crippen LogP contribution >= 0.6 is 0 Å². The lowest BCUT2D eigenvalue weighted by Gasteiger charge is -2.33. The van der Waals surface area contributed by atoms with E-state index < -0.39 is 0 Å². The fourth-order valence-corrected chi connectivity index (χ4v) is 10.5. The zero-order valence-corrected chi connectivity index (χ0v) is 38.5. The first-order valence-corrected chi connectivity index (χ1v) is 23.4. The predicted molar refractivity (Wildman–Crippen MR) is 281 cm³/mol. The molecule has 0 saturated heterocycles. The largest absolute Gasteiger partial charge is 0.309 e. The second-order valence-corrected chi connectivity index (χ2v) is 19.4. The number of anilines is 3. The van der Waals surface area contributed by atoms with E-state index in [2.05, 4.69) is 251 Å². The standard InChI is InChI=1S/C65H53N/c1-64(2,3)50-36-33-44(34-37-50)49-41-56(46-23-11-7-12-24-46)63(57(42-49)47-25-13-8-14-26-47)66(51-38-39-60-58(43-51)54-30-19-20-32-59(54)65(60,4)5)61-40-35-48-27-15-16-29-53(48)62(61)55-31-18-17-28-52(55)45-21-9-6-10-22-45/h6-9,11-15,17-21,23-28,30-43H,10,22H2,1-5H3. The summed E-state index contributed by atoms with van der Waals surface area (Å²) in [5.74, 6) is 0. The smallest absolute Gasteiger partial charge is 0.0619 e. The van der Waals surface area contributed by atoms with Crippen LogP contribution in [0, 0.1) is 0 Å². The molecule has 8 aromatic rings. The van der Waals surface area contributed by atoms with Gasteiger partial charge in [0.25, 0.3) is 0 Å². The number of allylic oxidation sites excluding steroid dienone is 5. The second kappa shape index (κ2) is 16.4. The average molecular weight is 848 g/mol. The predicted octanol–water partition coefficient (Wildman–Crippen LogP) is 16.0. The molecule has 0 heterocycles. The van der Waals surface area contributed by atoms with Gasteiger partial charge in [-0.1, -0.05) is 210 Å². The first-order valence-electron chi connectivity index (χ1n) is 23.4. The van der Waals surface area contributed by atoms with Crippen LogP contribution in [0.2, 0.25) is 0 Å². The Morgan fingerprint density at radius 1 is 0.530 bits per heavy atom. The molecule has 1 nitrogen and oxygen atoms in total. The molecule has 0 radical (unpaired) electrons. The zero-order valence-electron chi connectivity index (χ0n) is 38.5. The summed E-state index contributed by atoms with van der Waals surface area (Å²) in [5, 5.41) is 2.18. The number of fused-ring (bicyclic) bond motifs is 4. The maximum absolute atomic E-state index is 3.66. The van der Waals surface area contributed by atoms with E-state index in [9.17, 15) is 0 Å². The van der Waals surface area contributed by atoms with Gasteiger partial charge in [-0.2, -0.15) is 0 Å². The van der Waals surface area contributed by atoms with Crippen LogP contribution in [0.25, 0.3) is 73.0 Å². The van der Waals surface area contributed by atoms with Crippen LogP contribution in [0.4, 0.5) is 17.1 Å². The van der Waals surface area contributed by atoms with Crippen molar-refractivity contribution in [2.75, 3.05) is 4.90 Å². The van der Waals surface area contributed by atoms with E-state index in [1.54, 1.807) is 0 Å². The van der Waals surface area contributed by atoms with E-state index in [0.29, 0.717) is 0 Å². The Morgan fingerprint density at radius 3 is 1.83 bits per heavy atom. The Hall–Kier alpha value is -7.66. The van der Waals surface area contributed by atoms with Crippen LogP contribution in [-0.2, 0) is 10.8 Å². The molecule has 0 atom stereocenters. The van der Waals surface area contributed by atoms with Crippen molar-refractivity contribution in [2.45, 2.75) is 58.3 Å². The molecule has 0 aliphatic heterocycles. The summed E-state index contributed by atoms with van der Waals surface area (Å²) >= 11 is 0. The van der Waals surface area contributed by atoms with E-state index >= 15 is 0 Å². The maximum Gasteiger partial charge on any atom is 0.0619 e. The van der Waals surface area contributed by atoms with Gasteiger partial charge in [-0.05, 0) is 133 Å². The van der Waals surface area contributed by atoms with Gasteiger partial charge in [0.2, 0.25) is 0 Å². The third kappa shape index (κ3) is 7.15. The Labute approximate surface area is 390 Å². The molecule has 318 valence electrons. The lowest BCUT2D eigenvalue weighted by atomic mass is 9.82. The van der Waals surface area contributed by atoms with Crippen molar-refractivity contribution in [2.24, 2.45) is 0 Å². The first kappa shape index (κ1) is 41.1. The molecule has 0 fully saturated rings. The van der Waals surface area contributed by atoms with Gasteiger partial charge >= 0.3 is 0 Å². The molecule has 8 aromatic carbocycles. The molecule has 0 saturated carbocycles. The maximum atomic E-state index is 3.66. The van der Waals surface area contributed by atoms with Crippen molar-refractivity contribution in [3.63, 3.8) is 0 Å². The molecule has 66 heavy (non-hydrogen) atoms. The fourth-order valence-electron chi connectivity index (χ4n) is 10.5. The Morgan fingerprint density at radius 2 is 1.17 bits per heavy atom. The summed E-state index contributed by atoms with van der Waals surface area (Å²) in [6, 6.07) is 65.8. The third-order valence-corrected chi connectivity index (χ3v) is 14.0. The molecule has 3 aliphatic rings. The second-order valence-electron chi connectivity index (χ2n) is 19.4. The van der Waals surface area contributed by atoms with Crippen molar-refractivity contribution in [1.29, 1.82) is 0 Å². The van der Waals surface area contributed by atoms with Crippen LogP contribution in [0.15, 0.2) is 206 Å². The quantitative estimate of drug-likeness (QED) is 0.138. The summed E-state index contributed by atoms with van der Waals surface area (Å²) < 4.78 is 0. The highest BCUT2D eigenvalue weighted by molar-refractivity contribution is 6.04. The minimum Gasteiger partial charge on any atom is -0.309 e. The van der Waals surface area contributed by atoms with Crippen molar-refractivity contribution in [3.8, 4) is 55.6 Å². The third-order valence-electron chi connectivity index (χ3n) is 14.0. The van der Waals surface area contributed by atoms with Gasteiger partial charge in [0.1, 0.15) is 0 Å². The Bertz CT molecular complexity index is 3410. The molecule has 1 heteroatoms.